The molecule has 2 aliphatic rings. The highest BCUT2D eigenvalue weighted by atomic mass is 16.5. The fraction of sp³-hybridized carbons (Fsp3) is 0.889. The van der Waals surface area contributed by atoms with Crippen molar-refractivity contribution < 1.29 is 4.74 Å². The lowest BCUT2D eigenvalue weighted by Gasteiger charge is -2.16. The van der Waals surface area contributed by atoms with E-state index in [0.29, 0.717) is 0 Å². The Hall–Kier alpha value is -0.770. The van der Waals surface area contributed by atoms with Crippen molar-refractivity contribution in [2.45, 2.75) is 12.8 Å². The molecule has 0 radical (unpaired) electrons. The van der Waals surface area contributed by atoms with Crippen LogP contribution in [0.15, 0.2) is 4.99 Å². The fourth-order valence-corrected chi connectivity index (χ4v) is 1.69. The minimum atomic E-state index is 0.744. The van der Waals surface area contributed by atoms with Gasteiger partial charge in [-0.3, -0.25) is 0 Å². The average Bonchev–Trinajstić information content (AvgIpc) is 2.69. The van der Waals surface area contributed by atoms with E-state index in [-0.39, 0.29) is 0 Å². The number of rotatable bonds is 2. The first-order valence-corrected chi connectivity index (χ1v) is 5.07. The molecule has 1 saturated heterocycles. The highest BCUT2D eigenvalue weighted by Crippen LogP contribution is 2.05. The molecule has 13 heavy (non-hydrogen) atoms. The Morgan fingerprint density at radius 1 is 1.62 bits per heavy atom. The predicted octanol–water partition coefficient (Wildman–Crippen LogP) is -0.0382. The summed E-state index contributed by atoms with van der Waals surface area (Å²) in [5, 5.41) is 6.59. The second-order valence-electron chi connectivity index (χ2n) is 3.63. The molecule has 2 heterocycles. The van der Waals surface area contributed by atoms with Gasteiger partial charge in [-0.1, -0.05) is 0 Å². The number of aliphatic imine (C=N–C) groups is 1. The summed E-state index contributed by atoms with van der Waals surface area (Å²) in [6.45, 7) is 4.99. The van der Waals surface area contributed by atoms with Crippen LogP contribution >= 0.6 is 0 Å². The Labute approximate surface area is 78.8 Å². The largest absolute Gasteiger partial charge is 0.465 e. The van der Waals surface area contributed by atoms with E-state index in [4.69, 9.17) is 4.74 Å². The molecule has 0 spiro atoms. The summed E-state index contributed by atoms with van der Waals surface area (Å²) in [6, 6.07) is 0.748. The van der Waals surface area contributed by atoms with Gasteiger partial charge >= 0.3 is 0 Å². The zero-order valence-corrected chi connectivity index (χ0v) is 7.88. The topological polar surface area (TPSA) is 45.7 Å². The van der Waals surface area contributed by atoms with E-state index in [1.54, 1.807) is 0 Å². The van der Waals surface area contributed by atoms with Gasteiger partial charge in [0, 0.05) is 19.5 Å². The van der Waals surface area contributed by atoms with E-state index in [0.717, 1.165) is 51.1 Å². The molecule has 0 aromatic heterocycles. The van der Waals surface area contributed by atoms with Gasteiger partial charge < -0.3 is 15.4 Å². The van der Waals surface area contributed by atoms with Gasteiger partial charge in [-0.2, -0.15) is 0 Å². The smallest absolute Gasteiger partial charge is 0.284 e. The zero-order valence-electron chi connectivity index (χ0n) is 7.88. The molecule has 0 amide bonds. The van der Waals surface area contributed by atoms with Crippen LogP contribution < -0.4 is 10.6 Å². The van der Waals surface area contributed by atoms with Crippen molar-refractivity contribution in [1.82, 2.24) is 10.6 Å². The Balaban J connectivity index is 1.68. The van der Waals surface area contributed by atoms with Gasteiger partial charge in [-0.25, -0.2) is 4.99 Å². The van der Waals surface area contributed by atoms with Gasteiger partial charge in [-0.05, 0) is 25.4 Å². The SMILES string of the molecule is C1CN=C(NCC2CCNC2)OC1. The van der Waals surface area contributed by atoms with Crippen LogP contribution in [-0.2, 0) is 4.74 Å². The van der Waals surface area contributed by atoms with Crippen LogP contribution in [0.5, 0.6) is 0 Å². The van der Waals surface area contributed by atoms with Crippen molar-refractivity contribution in [1.29, 1.82) is 0 Å². The third-order valence-corrected chi connectivity index (χ3v) is 2.50. The third-order valence-electron chi connectivity index (χ3n) is 2.50. The molecule has 2 rings (SSSR count). The maximum Gasteiger partial charge on any atom is 0.284 e. The van der Waals surface area contributed by atoms with Gasteiger partial charge in [0.1, 0.15) is 0 Å². The molecule has 2 N–H and O–H groups in total. The lowest BCUT2D eigenvalue weighted by atomic mass is 10.1. The number of amidine groups is 1. The van der Waals surface area contributed by atoms with Crippen molar-refractivity contribution in [2.75, 3.05) is 32.8 Å². The summed E-state index contributed by atoms with van der Waals surface area (Å²) in [6.07, 6.45) is 2.32. The molecule has 4 nitrogen and oxygen atoms in total. The van der Waals surface area contributed by atoms with Crippen molar-refractivity contribution in [3.8, 4) is 0 Å². The molecule has 0 aromatic rings. The summed E-state index contributed by atoms with van der Waals surface area (Å²) in [7, 11) is 0. The first-order valence-electron chi connectivity index (χ1n) is 5.07. The Morgan fingerprint density at radius 2 is 2.62 bits per heavy atom. The van der Waals surface area contributed by atoms with E-state index in [9.17, 15) is 0 Å². The quantitative estimate of drug-likeness (QED) is 0.631. The first kappa shape index (κ1) is 8.81. The molecule has 1 fully saturated rings. The third kappa shape index (κ3) is 2.59. The number of nitrogens with one attached hydrogen (secondary N) is 2. The molecule has 0 saturated carbocycles. The lowest BCUT2D eigenvalue weighted by Crippen LogP contribution is -2.34. The molecule has 74 valence electrons. The highest BCUT2D eigenvalue weighted by Gasteiger charge is 2.15. The van der Waals surface area contributed by atoms with Gasteiger partial charge in [0.15, 0.2) is 0 Å². The van der Waals surface area contributed by atoms with E-state index < -0.39 is 0 Å². The first-order chi connectivity index (χ1) is 6.45. The molecule has 2 aliphatic heterocycles. The lowest BCUT2D eigenvalue weighted by molar-refractivity contribution is 0.265. The molecule has 1 atom stereocenters. The molecular weight excluding hydrogens is 166 g/mol. The van der Waals surface area contributed by atoms with Crippen LogP contribution in [0.25, 0.3) is 0 Å². The number of ether oxygens (including phenoxy) is 1. The van der Waals surface area contributed by atoms with Crippen molar-refractivity contribution in [3.63, 3.8) is 0 Å². The van der Waals surface area contributed by atoms with Crippen molar-refractivity contribution in [2.24, 2.45) is 10.9 Å². The van der Waals surface area contributed by atoms with Gasteiger partial charge in [0.25, 0.3) is 6.02 Å². The number of nitrogens with zero attached hydrogens (tertiary/aromatic N) is 1. The van der Waals surface area contributed by atoms with Crippen LogP contribution in [-0.4, -0.2) is 38.8 Å². The molecule has 1 unspecified atom stereocenters. The minimum absolute atomic E-state index is 0.744. The molecule has 0 aromatic carbocycles. The second kappa shape index (κ2) is 4.46. The number of hydrogen-bond donors (Lipinski definition) is 2. The highest BCUT2D eigenvalue weighted by molar-refractivity contribution is 5.73. The maximum absolute atomic E-state index is 5.36. The van der Waals surface area contributed by atoms with Crippen LogP contribution in [0, 0.1) is 5.92 Å². The van der Waals surface area contributed by atoms with E-state index in [1.165, 1.54) is 6.42 Å². The van der Waals surface area contributed by atoms with Crippen LogP contribution in [0.4, 0.5) is 0 Å². The van der Waals surface area contributed by atoms with E-state index >= 15 is 0 Å². The molecule has 0 aliphatic carbocycles. The molecule has 4 heteroatoms. The van der Waals surface area contributed by atoms with Gasteiger partial charge in [0.2, 0.25) is 0 Å². The summed E-state index contributed by atoms with van der Waals surface area (Å²) < 4.78 is 5.36. The average molecular weight is 183 g/mol. The van der Waals surface area contributed by atoms with Crippen molar-refractivity contribution in [3.05, 3.63) is 0 Å². The van der Waals surface area contributed by atoms with Crippen LogP contribution in [0.1, 0.15) is 12.8 Å². The summed E-state index contributed by atoms with van der Waals surface area (Å²) in [5.74, 6) is 0.744. The Bertz CT molecular complexity index is 187. The fourth-order valence-electron chi connectivity index (χ4n) is 1.69. The van der Waals surface area contributed by atoms with Gasteiger partial charge in [0.05, 0.1) is 6.61 Å². The van der Waals surface area contributed by atoms with Gasteiger partial charge in [-0.15, -0.1) is 0 Å². The molecular formula is C9H17N3O. The summed E-state index contributed by atoms with van der Waals surface area (Å²) >= 11 is 0. The standard InChI is InChI=1S/C9H17N3O/c1-3-11-9(13-5-1)12-7-8-2-4-10-6-8/h8,10H,1-7H2,(H,11,12). The summed E-state index contributed by atoms with van der Waals surface area (Å²) in [5.41, 5.74) is 0. The molecule has 0 bridgehead atoms. The van der Waals surface area contributed by atoms with Crippen molar-refractivity contribution >= 4 is 6.02 Å². The van der Waals surface area contributed by atoms with E-state index in [2.05, 4.69) is 15.6 Å². The zero-order chi connectivity index (χ0) is 8.93. The summed E-state index contributed by atoms with van der Waals surface area (Å²) in [4.78, 5) is 4.25. The Morgan fingerprint density at radius 3 is 3.31 bits per heavy atom. The minimum Gasteiger partial charge on any atom is -0.465 e. The predicted molar refractivity (Wildman–Crippen MR) is 51.9 cm³/mol. The maximum atomic E-state index is 5.36. The van der Waals surface area contributed by atoms with Crippen LogP contribution in [0.3, 0.4) is 0 Å². The van der Waals surface area contributed by atoms with Crippen LogP contribution in [0.2, 0.25) is 0 Å². The van der Waals surface area contributed by atoms with E-state index in [1.807, 2.05) is 0 Å². The Kier molecular flexibility index (Phi) is 3.02. The normalized spacial score (nSPS) is 28.0. The number of hydrogen-bond acceptors (Lipinski definition) is 4. The second-order valence-corrected chi connectivity index (χ2v) is 3.63. The monoisotopic (exact) mass is 183 g/mol.